The summed E-state index contributed by atoms with van der Waals surface area (Å²) in [6.45, 7) is 6.74. The third-order valence-electron chi connectivity index (χ3n) is 4.77. The number of nitrogens with zero attached hydrogens (tertiary/aromatic N) is 1. The predicted octanol–water partition coefficient (Wildman–Crippen LogP) is 3.31. The van der Waals surface area contributed by atoms with Crippen LogP contribution in [0, 0.1) is 12.8 Å². The van der Waals surface area contributed by atoms with Gasteiger partial charge in [0.15, 0.2) is 0 Å². The van der Waals surface area contributed by atoms with Gasteiger partial charge in [0.25, 0.3) is 0 Å². The molecule has 0 bridgehead atoms. The van der Waals surface area contributed by atoms with Crippen LogP contribution in [0.3, 0.4) is 0 Å². The van der Waals surface area contributed by atoms with Crippen LogP contribution < -0.4 is 10.1 Å². The first-order chi connectivity index (χ1) is 12.6. The van der Waals surface area contributed by atoms with Gasteiger partial charge >= 0.3 is 0 Å². The van der Waals surface area contributed by atoms with E-state index in [9.17, 15) is 9.59 Å². The molecule has 1 N–H and O–H groups in total. The lowest BCUT2D eigenvalue weighted by Gasteiger charge is -2.32. The molecule has 1 atom stereocenters. The molecule has 1 heterocycles. The van der Waals surface area contributed by atoms with Crippen molar-refractivity contribution in [3.63, 3.8) is 0 Å². The number of nitrogens with one attached hydrogen (secondary N) is 1. The fraction of sp³-hybridized carbons (Fsp3) is 0.619. The van der Waals surface area contributed by atoms with E-state index in [1.165, 1.54) is 5.56 Å². The molecule has 0 saturated carbocycles. The Hall–Kier alpha value is -2.04. The second-order valence-electron chi connectivity index (χ2n) is 7.09. The smallest absolute Gasteiger partial charge is 0.224 e. The molecule has 1 unspecified atom stereocenters. The van der Waals surface area contributed by atoms with Crippen LogP contribution in [0.15, 0.2) is 24.3 Å². The summed E-state index contributed by atoms with van der Waals surface area (Å²) in [6.07, 6.45) is 5.02. The van der Waals surface area contributed by atoms with Gasteiger partial charge in [-0.25, -0.2) is 0 Å². The maximum absolute atomic E-state index is 12.3. The average molecular weight is 360 g/mol. The molecule has 1 aliphatic heterocycles. The number of hydrogen-bond donors (Lipinski definition) is 1. The van der Waals surface area contributed by atoms with Crippen LogP contribution >= 0.6 is 0 Å². The number of ether oxygens (including phenoxy) is 1. The second kappa shape index (κ2) is 10.8. The van der Waals surface area contributed by atoms with Crippen LogP contribution in [0.1, 0.15) is 51.0 Å². The molecular weight excluding hydrogens is 328 g/mol. The Bertz CT molecular complexity index is 571. The van der Waals surface area contributed by atoms with Crippen molar-refractivity contribution in [3.05, 3.63) is 29.8 Å². The number of unbranched alkanes of at least 4 members (excludes halogenated alkanes) is 1. The van der Waals surface area contributed by atoms with Gasteiger partial charge in [-0.2, -0.15) is 0 Å². The summed E-state index contributed by atoms with van der Waals surface area (Å²) in [6, 6.07) is 8.03. The highest BCUT2D eigenvalue weighted by Gasteiger charge is 2.27. The molecule has 5 nitrogen and oxygen atoms in total. The monoisotopic (exact) mass is 360 g/mol. The highest BCUT2D eigenvalue weighted by atomic mass is 16.5. The van der Waals surface area contributed by atoms with E-state index in [1.807, 2.05) is 36.1 Å². The molecule has 5 heteroatoms. The summed E-state index contributed by atoms with van der Waals surface area (Å²) < 4.78 is 5.69. The van der Waals surface area contributed by atoms with Crippen molar-refractivity contribution in [2.45, 2.75) is 52.4 Å². The van der Waals surface area contributed by atoms with Crippen molar-refractivity contribution < 1.29 is 14.3 Å². The van der Waals surface area contributed by atoms with Gasteiger partial charge in [0.2, 0.25) is 11.8 Å². The van der Waals surface area contributed by atoms with Crippen molar-refractivity contribution in [3.8, 4) is 5.75 Å². The molecule has 1 fully saturated rings. The molecule has 0 spiro atoms. The zero-order valence-electron chi connectivity index (χ0n) is 16.1. The van der Waals surface area contributed by atoms with Crippen LogP contribution in [-0.4, -0.2) is 43.0 Å². The highest BCUT2D eigenvalue weighted by Crippen LogP contribution is 2.18. The van der Waals surface area contributed by atoms with Gasteiger partial charge in [0.1, 0.15) is 5.75 Å². The Morgan fingerprint density at radius 3 is 2.73 bits per heavy atom. The first-order valence-corrected chi connectivity index (χ1v) is 9.85. The Morgan fingerprint density at radius 1 is 1.23 bits per heavy atom. The van der Waals surface area contributed by atoms with E-state index in [4.69, 9.17) is 4.74 Å². The van der Waals surface area contributed by atoms with Gasteiger partial charge in [-0.1, -0.05) is 24.6 Å². The van der Waals surface area contributed by atoms with Crippen LogP contribution in [-0.2, 0) is 9.59 Å². The number of aryl methyl sites for hydroxylation is 1. The van der Waals surface area contributed by atoms with Gasteiger partial charge in [-0.05, 0) is 51.2 Å². The summed E-state index contributed by atoms with van der Waals surface area (Å²) in [5, 5.41) is 3.02. The van der Waals surface area contributed by atoms with Crippen molar-refractivity contribution in [2.24, 2.45) is 5.92 Å². The second-order valence-corrected chi connectivity index (χ2v) is 7.09. The van der Waals surface area contributed by atoms with Gasteiger partial charge in [0.05, 0.1) is 12.5 Å². The van der Waals surface area contributed by atoms with Crippen molar-refractivity contribution in [2.75, 3.05) is 26.2 Å². The standard InChI is InChI=1S/C21H32N2O3/c1-3-7-20(24)23-14-6-8-18(16-23)21(25)22-13-4-5-15-26-19-11-9-17(2)10-12-19/h9-12,18H,3-8,13-16H2,1-2H3,(H,22,25). The zero-order valence-corrected chi connectivity index (χ0v) is 16.1. The summed E-state index contributed by atoms with van der Waals surface area (Å²) >= 11 is 0. The number of hydrogen-bond acceptors (Lipinski definition) is 3. The number of carbonyl (C=O) groups excluding carboxylic acids is 2. The van der Waals surface area contributed by atoms with Crippen LogP contribution in [0.4, 0.5) is 0 Å². The van der Waals surface area contributed by atoms with E-state index in [0.29, 0.717) is 26.1 Å². The molecule has 2 rings (SSSR count). The highest BCUT2D eigenvalue weighted by molar-refractivity contribution is 5.81. The van der Waals surface area contributed by atoms with E-state index in [1.54, 1.807) is 0 Å². The minimum absolute atomic E-state index is 0.0617. The van der Waals surface area contributed by atoms with E-state index in [2.05, 4.69) is 12.2 Å². The van der Waals surface area contributed by atoms with E-state index in [0.717, 1.165) is 44.4 Å². The number of likely N-dealkylation sites (tertiary alicyclic amines) is 1. The lowest BCUT2D eigenvalue weighted by molar-refractivity contribution is -0.135. The maximum Gasteiger partial charge on any atom is 0.224 e. The van der Waals surface area contributed by atoms with E-state index >= 15 is 0 Å². The SMILES string of the molecule is CCCC(=O)N1CCCC(C(=O)NCCCCOc2ccc(C)cc2)C1. The first kappa shape index (κ1) is 20.3. The van der Waals surface area contributed by atoms with Crippen molar-refractivity contribution >= 4 is 11.8 Å². The third kappa shape index (κ3) is 6.70. The first-order valence-electron chi connectivity index (χ1n) is 9.85. The summed E-state index contributed by atoms with van der Waals surface area (Å²) in [5.74, 6) is 1.09. The molecule has 1 aliphatic rings. The molecule has 144 valence electrons. The Labute approximate surface area is 157 Å². The molecule has 1 aromatic carbocycles. The molecular formula is C21H32N2O3. The Balaban J connectivity index is 1.59. The van der Waals surface area contributed by atoms with Crippen LogP contribution in [0.2, 0.25) is 0 Å². The van der Waals surface area contributed by atoms with Crippen molar-refractivity contribution in [1.29, 1.82) is 0 Å². The lowest BCUT2D eigenvalue weighted by atomic mass is 9.96. The predicted molar refractivity (Wildman–Crippen MR) is 103 cm³/mol. The number of amides is 2. The van der Waals surface area contributed by atoms with E-state index < -0.39 is 0 Å². The maximum atomic E-state index is 12.3. The fourth-order valence-electron chi connectivity index (χ4n) is 3.20. The topological polar surface area (TPSA) is 58.6 Å². The normalized spacial score (nSPS) is 17.0. The van der Waals surface area contributed by atoms with Crippen LogP contribution in [0.25, 0.3) is 0 Å². The summed E-state index contributed by atoms with van der Waals surface area (Å²) in [7, 11) is 0. The third-order valence-corrected chi connectivity index (χ3v) is 4.77. The largest absolute Gasteiger partial charge is 0.494 e. The summed E-state index contributed by atoms with van der Waals surface area (Å²) in [5.41, 5.74) is 1.22. The Morgan fingerprint density at radius 2 is 2.00 bits per heavy atom. The zero-order chi connectivity index (χ0) is 18.8. The molecule has 1 aromatic rings. The van der Waals surface area contributed by atoms with Gasteiger partial charge in [-0.3, -0.25) is 9.59 Å². The molecule has 1 saturated heterocycles. The Kier molecular flexibility index (Phi) is 8.45. The number of benzene rings is 1. The van der Waals surface area contributed by atoms with Gasteiger partial charge in [0, 0.05) is 26.1 Å². The molecule has 0 aliphatic carbocycles. The quantitative estimate of drug-likeness (QED) is 0.687. The fourth-order valence-corrected chi connectivity index (χ4v) is 3.20. The average Bonchev–Trinajstić information content (AvgIpc) is 2.66. The van der Waals surface area contributed by atoms with Gasteiger partial charge in [-0.15, -0.1) is 0 Å². The molecule has 0 aromatic heterocycles. The van der Waals surface area contributed by atoms with E-state index in [-0.39, 0.29) is 17.7 Å². The minimum atomic E-state index is -0.0617. The van der Waals surface area contributed by atoms with Gasteiger partial charge < -0.3 is 15.0 Å². The molecule has 0 radical (unpaired) electrons. The number of piperidine rings is 1. The molecule has 26 heavy (non-hydrogen) atoms. The lowest BCUT2D eigenvalue weighted by Crippen LogP contribution is -2.45. The van der Waals surface area contributed by atoms with Crippen LogP contribution in [0.5, 0.6) is 5.75 Å². The molecule has 2 amide bonds. The van der Waals surface area contributed by atoms with Crippen molar-refractivity contribution in [1.82, 2.24) is 10.2 Å². The summed E-state index contributed by atoms with van der Waals surface area (Å²) in [4.78, 5) is 26.2. The number of rotatable bonds is 9. The minimum Gasteiger partial charge on any atom is -0.494 e. The number of carbonyl (C=O) groups is 2.